The van der Waals surface area contributed by atoms with E-state index in [-0.39, 0.29) is 28.2 Å². The molecule has 0 aliphatic carbocycles. The van der Waals surface area contributed by atoms with E-state index in [0.29, 0.717) is 6.07 Å². The van der Waals surface area contributed by atoms with Crippen LogP contribution in [0.1, 0.15) is 24.6 Å². The first-order valence-electron chi connectivity index (χ1n) is 9.08. The van der Waals surface area contributed by atoms with Crippen LogP contribution in [0.3, 0.4) is 0 Å². The van der Waals surface area contributed by atoms with Gasteiger partial charge in [-0.3, -0.25) is 19.0 Å². The van der Waals surface area contributed by atoms with Crippen LogP contribution in [-0.2, 0) is 22.8 Å². The Labute approximate surface area is 182 Å². The number of halogens is 4. The molecule has 2 aromatic rings. The number of carbonyl (C=O) groups excluding carboxylic acids is 1. The van der Waals surface area contributed by atoms with Crippen LogP contribution in [-0.4, -0.2) is 38.8 Å². The summed E-state index contributed by atoms with van der Waals surface area (Å²) in [6.45, 7) is 1.00. The summed E-state index contributed by atoms with van der Waals surface area (Å²) in [5.41, 5.74) is -5.78. The summed E-state index contributed by atoms with van der Waals surface area (Å²) < 4.78 is 59.2. The van der Waals surface area contributed by atoms with E-state index in [0.717, 1.165) is 13.1 Å². The lowest BCUT2D eigenvalue weighted by molar-refractivity contribution is -0.144. The summed E-state index contributed by atoms with van der Waals surface area (Å²) in [5.74, 6) is -3.67. The number of amides is 1. The highest BCUT2D eigenvalue weighted by molar-refractivity contribution is 5.81. The summed E-state index contributed by atoms with van der Waals surface area (Å²) in [4.78, 5) is 47.2. The zero-order chi connectivity index (χ0) is 25.1. The van der Waals surface area contributed by atoms with Gasteiger partial charge in [-0.2, -0.15) is 18.4 Å². The Morgan fingerprint density at radius 2 is 1.91 bits per heavy atom. The number of carbonyl (C=O) groups is 2. The first-order chi connectivity index (χ1) is 15.3. The number of aliphatic carboxylic acids is 1. The van der Waals surface area contributed by atoms with E-state index < -0.39 is 63.9 Å². The standard InChI is InChI=1S/C19H16F4N4O6/c1-9(17(31)25-4-3-16(29)30)33-13-6-12(11(20)5-10(13)8-24)27-15(28)7-14(19(21,22)23)26(2)18(27)32/h5-7,9H,3-4H2,1-2H3,(H,25,31)(H,29,30). The van der Waals surface area contributed by atoms with Crippen molar-refractivity contribution >= 4 is 11.9 Å². The smallest absolute Gasteiger partial charge is 0.431 e. The molecule has 33 heavy (non-hydrogen) atoms. The zero-order valence-corrected chi connectivity index (χ0v) is 17.1. The fraction of sp³-hybridized carbons (Fsp3) is 0.316. The maximum absolute atomic E-state index is 14.6. The summed E-state index contributed by atoms with van der Waals surface area (Å²) in [6, 6.07) is 3.02. The Hall–Kier alpha value is -4.15. The van der Waals surface area contributed by atoms with Crippen molar-refractivity contribution < 1.29 is 37.0 Å². The molecule has 1 aromatic heterocycles. The van der Waals surface area contributed by atoms with Crippen LogP contribution in [0.15, 0.2) is 27.8 Å². The number of nitriles is 1. The van der Waals surface area contributed by atoms with Crippen molar-refractivity contribution in [1.29, 1.82) is 5.26 Å². The van der Waals surface area contributed by atoms with Gasteiger partial charge in [0.15, 0.2) is 6.10 Å². The average Bonchev–Trinajstić information content (AvgIpc) is 2.71. The molecular weight excluding hydrogens is 456 g/mol. The number of benzene rings is 1. The van der Waals surface area contributed by atoms with Gasteiger partial charge in [-0.15, -0.1) is 0 Å². The number of alkyl halides is 3. The number of aromatic nitrogens is 2. The minimum Gasteiger partial charge on any atom is -0.481 e. The Morgan fingerprint density at radius 1 is 1.27 bits per heavy atom. The van der Waals surface area contributed by atoms with Gasteiger partial charge in [0.25, 0.3) is 11.5 Å². The second kappa shape index (κ2) is 9.55. The Kier molecular flexibility index (Phi) is 7.27. The molecule has 0 spiro atoms. The first kappa shape index (κ1) is 25.1. The van der Waals surface area contributed by atoms with E-state index in [4.69, 9.17) is 9.84 Å². The number of hydrogen-bond donors (Lipinski definition) is 2. The molecule has 2 rings (SSSR count). The number of carboxylic acid groups (broad SMARTS) is 1. The largest absolute Gasteiger partial charge is 0.481 e. The molecule has 0 aliphatic rings. The van der Waals surface area contributed by atoms with Gasteiger partial charge < -0.3 is 15.2 Å². The fourth-order valence-electron chi connectivity index (χ4n) is 2.70. The normalized spacial score (nSPS) is 12.0. The van der Waals surface area contributed by atoms with E-state index in [9.17, 15) is 42.0 Å². The molecule has 2 N–H and O–H groups in total. The van der Waals surface area contributed by atoms with Gasteiger partial charge in [-0.1, -0.05) is 0 Å². The first-order valence-corrected chi connectivity index (χ1v) is 9.08. The van der Waals surface area contributed by atoms with Crippen molar-refractivity contribution in [3.63, 3.8) is 0 Å². The molecule has 1 heterocycles. The Bertz CT molecular complexity index is 1260. The van der Waals surface area contributed by atoms with Gasteiger partial charge in [0.2, 0.25) is 0 Å². The van der Waals surface area contributed by atoms with Crippen LogP contribution in [0, 0.1) is 17.1 Å². The third kappa shape index (κ3) is 5.56. The number of nitrogens with zero attached hydrogens (tertiary/aromatic N) is 3. The zero-order valence-electron chi connectivity index (χ0n) is 17.1. The number of ether oxygens (including phenoxy) is 1. The van der Waals surface area contributed by atoms with Crippen LogP contribution < -0.4 is 21.3 Å². The minimum atomic E-state index is -5.02. The molecule has 0 bridgehead atoms. The molecule has 0 saturated heterocycles. The Balaban J connectivity index is 2.52. The van der Waals surface area contributed by atoms with E-state index in [1.165, 1.54) is 6.92 Å². The van der Waals surface area contributed by atoms with E-state index in [1.54, 1.807) is 6.07 Å². The lowest BCUT2D eigenvalue weighted by atomic mass is 10.1. The van der Waals surface area contributed by atoms with Crippen molar-refractivity contribution in [3.05, 3.63) is 56.1 Å². The predicted octanol–water partition coefficient (Wildman–Crippen LogP) is 0.924. The summed E-state index contributed by atoms with van der Waals surface area (Å²) >= 11 is 0. The maximum Gasteiger partial charge on any atom is 0.431 e. The SMILES string of the molecule is CC(Oc1cc(-n2c(=O)cc(C(F)(F)F)n(C)c2=O)c(F)cc1C#N)C(=O)NCCC(=O)O. The molecule has 0 aliphatic heterocycles. The monoisotopic (exact) mass is 472 g/mol. The highest BCUT2D eigenvalue weighted by Gasteiger charge is 2.35. The summed E-state index contributed by atoms with van der Waals surface area (Å²) in [5, 5.41) is 20.1. The molecule has 14 heteroatoms. The van der Waals surface area contributed by atoms with Gasteiger partial charge in [0.05, 0.1) is 17.7 Å². The van der Waals surface area contributed by atoms with Crippen molar-refractivity contribution in [1.82, 2.24) is 14.5 Å². The molecular formula is C19H16F4N4O6. The average molecular weight is 472 g/mol. The summed E-state index contributed by atoms with van der Waals surface area (Å²) in [7, 11) is 0.740. The molecule has 1 atom stereocenters. The topological polar surface area (TPSA) is 143 Å². The van der Waals surface area contributed by atoms with Crippen molar-refractivity contribution in [2.75, 3.05) is 6.54 Å². The maximum atomic E-state index is 14.6. The summed E-state index contributed by atoms with van der Waals surface area (Å²) in [6.07, 6.45) is -6.72. The lowest BCUT2D eigenvalue weighted by Crippen LogP contribution is -2.41. The number of carboxylic acids is 1. The van der Waals surface area contributed by atoms with E-state index >= 15 is 0 Å². The van der Waals surface area contributed by atoms with Gasteiger partial charge in [0.1, 0.15) is 23.3 Å². The van der Waals surface area contributed by atoms with Crippen LogP contribution in [0.5, 0.6) is 5.75 Å². The lowest BCUT2D eigenvalue weighted by Gasteiger charge is -2.18. The van der Waals surface area contributed by atoms with Crippen LogP contribution in [0.4, 0.5) is 17.6 Å². The molecule has 1 amide bonds. The van der Waals surface area contributed by atoms with E-state index in [1.807, 2.05) is 0 Å². The molecule has 0 radical (unpaired) electrons. The Morgan fingerprint density at radius 3 is 2.45 bits per heavy atom. The third-order valence-corrected chi connectivity index (χ3v) is 4.33. The molecule has 1 unspecified atom stereocenters. The van der Waals surface area contributed by atoms with Crippen molar-refractivity contribution in [3.8, 4) is 17.5 Å². The van der Waals surface area contributed by atoms with Crippen molar-refractivity contribution in [2.24, 2.45) is 7.05 Å². The molecule has 0 saturated carbocycles. The van der Waals surface area contributed by atoms with Crippen molar-refractivity contribution in [2.45, 2.75) is 25.6 Å². The fourth-order valence-corrected chi connectivity index (χ4v) is 2.70. The second-order valence-electron chi connectivity index (χ2n) is 6.65. The van der Waals surface area contributed by atoms with Gasteiger partial charge in [-0.25, -0.2) is 13.8 Å². The molecule has 176 valence electrons. The number of hydrogen-bond acceptors (Lipinski definition) is 6. The highest BCUT2D eigenvalue weighted by Crippen LogP contribution is 2.28. The highest BCUT2D eigenvalue weighted by atomic mass is 19.4. The predicted molar refractivity (Wildman–Crippen MR) is 102 cm³/mol. The number of nitrogens with one attached hydrogen (secondary N) is 1. The van der Waals surface area contributed by atoms with Crippen LogP contribution in [0.25, 0.3) is 5.69 Å². The minimum absolute atomic E-state index is 0.109. The third-order valence-electron chi connectivity index (χ3n) is 4.33. The van der Waals surface area contributed by atoms with Crippen LogP contribution in [0.2, 0.25) is 0 Å². The molecule has 0 fully saturated rings. The van der Waals surface area contributed by atoms with Gasteiger partial charge in [-0.05, 0) is 13.0 Å². The second-order valence-corrected chi connectivity index (χ2v) is 6.65. The van der Waals surface area contributed by atoms with E-state index in [2.05, 4.69) is 5.32 Å². The van der Waals surface area contributed by atoms with Gasteiger partial charge in [0, 0.05) is 25.7 Å². The van der Waals surface area contributed by atoms with Crippen LogP contribution >= 0.6 is 0 Å². The molecule has 10 nitrogen and oxygen atoms in total. The quantitative estimate of drug-likeness (QED) is 0.571. The molecule has 1 aromatic carbocycles. The van der Waals surface area contributed by atoms with Gasteiger partial charge >= 0.3 is 17.8 Å². The number of rotatable bonds is 7.